The highest BCUT2D eigenvalue weighted by atomic mass is 35.5. The minimum atomic E-state index is -0.315. The fraction of sp³-hybridized carbons (Fsp3) is 0.636. The summed E-state index contributed by atoms with van der Waals surface area (Å²) in [5.41, 5.74) is 0.565. The van der Waals surface area contributed by atoms with E-state index in [0.29, 0.717) is 6.04 Å². The van der Waals surface area contributed by atoms with Crippen molar-refractivity contribution in [1.29, 1.82) is 0 Å². The number of rotatable bonds is 2. The molecule has 1 unspecified atom stereocenters. The van der Waals surface area contributed by atoms with Crippen molar-refractivity contribution in [3.8, 4) is 0 Å². The number of H-pyrrole nitrogens is 1. The van der Waals surface area contributed by atoms with Crippen LogP contribution in [0.1, 0.15) is 37.9 Å². The summed E-state index contributed by atoms with van der Waals surface area (Å²) in [7, 11) is 0. The highest BCUT2D eigenvalue weighted by molar-refractivity contribution is 6.30. The van der Waals surface area contributed by atoms with Crippen molar-refractivity contribution in [2.75, 3.05) is 13.1 Å². The number of hydrogen-bond donors (Lipinski definition) is 1. The highest BCUT2D eigenvalue weighted by Crippen LogP contribution is 2.29. The standard InChI is InChI=1S/C11H16ClN3O/c1-2-15-6-4-3-5-10(15)9-7-8(12)11(16)14-13-9/h7,10H,2-6H2,1H3,(H,14,16). The Morgan fingerprint density at radius 3 is 3.12 bits per heavy atom. The molecule has 1 atom stereocenters. The van der Waals surface area contributed by atoms with E-state index < -0.39 is 0 Å². The van der Waals surface area contributed by atoms with Gasteiger partial charge in [0.1, 0.15) is 5.02 Å². The summed E-state index contributed by atoms with van der Waals surface area (Å²) in [5.74, 6) is 0. The van der Waals surface area contributed by atoms with Crippen molar-refractivity contribution in [2.24, 2.45) is 0 Å². The average molecular weight is 242 g/mol. The zero-order valence-electron chi connectivity index (χ0n) is 9.37. The third kappa shape index (κ3) is 2.28. The Morgan fingerprint density at radius 1 is 1.62 bits per heavy atom. The van der Waals surface area contributed by atoms with Crippen LogP contribution >= 0.6 is 11.6 Å². The molecule has 1 aromatic rings. The van der Waals surface area contributed by atoms with E-state index >= 15 is 0 Å². The molecule has 16 heavy (non-hydrogen) atoms. The number of aromatic amines is 1. The molecule has 0 spiro atoms. The van der Waals surface area contributed by atoms with E-state index in [2.05, 4.69) is 22.0 Å². The minimum absolute atomic E-state index is 0.228. The highest BCUT2D eigenvalue weighted by Gasteiger charge is 2.24. The lowest BCUT2D eigenvalue weighted by atomic mass is 9.99. The van der Waals surface area contributed by atoms with Gasteiger partial charge in [0.2, 0.25) is 0 Å². The molecule has 1 N–H and O–H groups in total. The molecule has 5 heteroatoms. The van der Waals surface area contributed by atoms with Crippen LogP contribution in [0, 0.1) is 0 Å². The van der Waals surface area contributed by atoms with Crippen molar-refractivity contribution >= 4 is 11.6 Å². The zero-order chi connectivity index (χ0) is 11.5. The largest absolute Gasteiger partial charge is 0.295 e. The van der Waals surface area contributed by atoms with Gasteiger partial charge < -0.3 is 0 Å². The first kappa shape index (κ1) is 11.6. The molecule has 4 nitrogen and oxygen atoms in total. The molecule has 0 radical (unpaired) electrons. The van der Waals surface area contributed by atoms with Crippen LogP contribution in [0.3, 0.4) is 0 Å². The van der Waals surface area contributed by atoms with E-state index in [1.165, 1.54) is 12.8 Å². The van der Waals surface area contributed by atoms with Crippen LogP contribution in [0.2, 0.25) is 5.02 Å². The molecule has 0 bridgehead atoms. The summed E-state index contributed by atoms with van der Waals surface area (Å²) >= 11 is 5.82. The normalized spacial score (nSPS) is 22.2. The Morgan fingerprint density at radius 2 is 2.44 bits per heavy atom. The fourth-order valence-electron chi connectivity index (χ4n) is 2.27. The molecule has 1 aromatic heterocycles. The quantitative estimate of drug-likeness (QED) is 0.861. The van der Waals surface area contributed by atoms with Gasteiger partial charge in [-0.05, 0) is 32.0 Å². The monoisotopic (exact) mass is 241 g/mol. The molecule has 1 aliphatic rings. The van der Waals surface area contributed by atoms with Crippen LogP contribution in [0.5, 0.6) is 0 Å². The molecular weight excluding hydrogens is 226 g/mol. The topological polar surface area (TPSA) is 49.0 Å². The molecular formula is C11H16ClN3O. The number of halogens is 1. The first-order chi connectivity index (χ1) is 7.72. The summed E-state index contributed by atoms with van der Waals surface area (Å²) in [6.07, 6.45) is 3.53. The van der Waals surface area contributed by atoms with E-state index in [4.69, 9.17) is 11.6 Å². The van der Waals surface area contributed by atoms with Gasteiger partial charge in [-0.25, -0.2) is 5.10 Å². The molecule has 2 rings (SSSR count). The van der Waals surface area contributed by atoms with Crippen molar-refractivity contribution in [3.05, 3.63) is 27.1 Å². The van der Waals surface area contributed by atoms with Crippen molar-refractivity contribution in [2.45, 2.75) is 32.2 Å². The predicted molar refractivity (Wildman–Crippen MR) is 63.7 cm³/mol. The molecule has 1 fully saturated rings. The smallest absolute Gasteiger partial charge is 0.282 e. The number of likely N-dealkylation sites (tertiary alicyclic amines) is 1. The van der Waals surface area contributed by atoms with Gasteiger partial charge in [0, 0.05) is 0 Å². The summed E-state index contributed by atoms with van der Waals surface area (Å²) in [4.78, 5) is 13.5. The van der Waals surface area contributed by atoms with E-state index in [1.54, 1.807) is 6.07 Å². The Kier molecular flexibility index (Phi) is 3.61. The van der Waals surface area contributed by atoms with E-state index in [9.17, 15) is 4.79 Å². The summed E-state index contributed by atoms with van der Waals surface area (Å²) < 4.78 is 0. The second-order valence-corrected chi connectivity index (χ2v) is 4.52. The number of aromatic nitrogens is 2. The van der Waals surface area contributed by atoms with Gasteiger partial charge in [0.05, 0.1) is 11.7 Å². The van der Waals surface area contributed by atoms with E-state index in [-0.39, 0.29) is 10.6 Å². The van der Waals surface area contributed by atoms with Crippen LogP contribution in [0.15, 0.2) is 10.9 Å². The lowest BCUT2D eigenvalue weighted by Gasteiger charge is -2.34. The van der Waals surface area contributed by atoms with Crippen LogP contribution in [0.25, 0.3) is 0 Å². The molecule has 1 saturated heterocycles. The second-order valence-electron chi connectivity index (χ2n) is 4.11. The molecule has 2 heterocycles. The molecule has 0 amide bonds. The fourth-order valence-corrected chi connectivity index (χ4v) is 2.43. The maximum atomic E-state index is 11.1. The Bertz CT molecular complexity index is 418. The van der Waals surface area contributed by atoms with Crippen LogP contribution in [-0.4, -0.2) is 28.2 Å². The number of hydrogen-bond acceptors (Lipinski definition) is 3. The molecule has 0 saturated carbocycles. The Labute approximate surface area is 99.6 Å². The number of nitrogens with zero attached hydrogens (tertiary/aromatic N) is 2. The third-order valence-corrected chi connectivity index (χ3v) is 3.42. The number of nitrogens with one attached hydrogen (secondary N) is 1. The minimum Gasteiger partial charge on any atom is -0.295 e. The van der Waals surface area contributed by atoms with Crippen molar-refractivity contribution < 1.29 is 0 Å². The third-order valence-electron chi connectivity index (χ3n) is 3.14. The molecule has 0 aliphatic carbocycles. The summed E-state index contributed by atoms with van der Waals surface area (Å²) in [6.45, 7) is 4.24. The predicted octanol–water partition coefficient (Wildman–Crippen LogP) is 1.97. The maximum absolute atomic E-state index is 11.1. The van der Waals surface area contributed by atoms with E-state index in [1.807, 2.05) is 0 Å². The maximum Gasteiger partial charge on any atom is 0.282 e. The van der Waals surface area contributed by atoms with Crippen LogP contribution in [0.4, 0.5) is 0 Å². The van der Waals surface area contributed by atoms with Crippen LogP contribution < -0.4 is 5.56 Å². The van der Waals surface area contributed by atoms with Crippen molar-refractivity contribution in [1.82, 2.24) is 15.1 Å². The number of piperidine rings is 1. The van der Waals surface area contributed by atoms with E-state index in [0.717, 1.165) is 25.2 Å². The zero-order valence-corrected chi connectivity index (χ0v) is 10.1. The summed E-state index contributed by atoms with van der Waals surface area (Å²) in [5, 5.41) is 6.77. The lowest BCUT2D eigenvalue weighted by Crippen LogP contribution is -2.34. The van der Waals surface area contributed by atoms with Gasteiger partial charge in [0.25, 0.3) is 5.56 Å². The molecule has 88 valence electrons. The first-order valence-corrected chi connectivity index (χ1v) is 6.09. The summed E-state index contributed by atoms with van der Waals surface area (Å²) in [6, 6.07) is 1.99. The second kappa shape index (κ2) is 4.97. The van der Waals surface area contributed by atoms with Gasteiger partial charge in [-0.15, -0.1) is 0 Å². The van der Waals surface area contributed by atoms with Gasteiger partial charge >= 0.3 is 0 Å². The van der Waals surface area contributed by atoms with Gasteiger partial charge in [-0.1, -0.05) is 24.9 Å². The Hall–Kier alpha value is -0.870. The average Bonchev–Trinajstić information content (AvgIpc) is 2.32. The van der Waals surface area contributed by atoms with Crippen molar-refractivity contribution in [3.63, 3.8) is 0 Å². The molecule has 1 aliphatic heterocycles. The SMILES string of the molecule is CCN1CCCCC1c1cc(Cl)c(=O)[nH]n1. The van der Waals surface area contributed by atoms with Gasteiger partial charge in [0.15, 0.2) is 0 Å². The van der Waals surface area contributed by atoms with Gasteiger partial charge in [-0.3, -0.25) is 9.69 Å². The Balaban J connectivity index is 2.27. The first-order valence-electron chi connectivity index (χ1n) is 5.71. The van der Waals surface area contributed by atoms with Gasteiger partial charge in [-0.2, -0.15) is 5.10 Å². The van der Waals surface area contributed by atoms with Crippen LogP contribution in [-0.2, 0) is 0 Å². The molecule has 0 aromatic carbocycles. The lowest BCUT2D eigenvalue weighted by molar-refractivity contribution is 0.153.